The summed E-state index contributed by atoms with van der Waals surface area (Å²) in [4.78, 5) is 0. The lowest BCUT2D eigenvalue weighted by molar-refractivity contribution is 0.377. The van der Waals surface area contributed by atoms with E-state index in [9.17, 15) is 0 Å². The molecule has 0 saturated carbocycles. The summed E-state index contributed by atoms with van der Waals surface area (Å²) in [6.45, 7) is 14.0. The molecule has 11 heavy (non-hydrogen) atoms. The highest BCUT2D eigenvalue weighted by molar-refractivity contribution is 4.73. The Kier molecular flexibility index (Phi) is 9.92. The average Bonchev–Trinajstić information content (AvgIpc) is 2.05. The van der Waals surface area contributed by atoms with E-state index in [0.29, 0.717) is 5.54 Å². The molecule has 0 spiro atoms. The molecule has 0 unspecified atom stereocenters. The molecule has 70 valence electrons. The minimum atomic E-state index is 0.343. The van der Waals surface area contributed by atoms with Crippen molar-refractivity contribution in [3.8, 4) is 0 Å². The van der Waals surface area contributed by atoms with Crippen molar-refractivity contribution in [2.75, 3.05) is 6.54 Å². The molecule has 0 aromatic heterocycles. The van der Waals surface area contributed by atoms with Crippen molar-refractivity contribution in [2.24, 2.45) is 0 Å². The molecule has 0 saturated heterocycles. The van der Waals surface area contributed by atoms with Gasteiger partial charge in [0.05, 0.1) is 0 Å². The first-order chi connectivity index (χ1) is 5.12. The van der Waals surface area contributed by atoms with Crippen molar-refractivity contribution >= 4 is 0 Å². The van der Waals surface area contributed by atoms with Crippen molar-refractivity contribution in [1.29, 1.82) is 0 Å². The summed E-state index contributed by atoms with van der Waals surface area (Å²) < 4.78 is 0. The molecular formula is C10H25N. The molecule has 0 aromatic carbocycles. The van der Waals surface area contributed by atoms with Crippen LogP contribution in [0.1, 0.15) is 54.4 Å². The second kappa shape index (κ2) is 8.06. The fraction of sp³-hybridized carbons (Fsp3) is 1.00. The summed E-state index contributed by atoms with van der Waals surface area (Å²) >= 11 is 0. The third-order valence-corrected chi connectivity index (χ3v) is 1.74. The van der Waals surface area contributed by atoms with Gasteiger partial charge in [-0.2, -0.15) is 0 Å². The Balaban J connectivity index is 0. The largest absolute Gasteiger partial charge is 0.312 e. The number of hydrogen-bond donors (Lipinski definition) is 1. The standard InChI is InChI=1S/C8H19N.C2H6/c1-5-7-9-8(3,4)6-2;1-2/h9H,5-7H2,1-4H3;1-2H3. The Hall–Kier alpha value is -0.0400. The quantitative estimate of drug-likeness (QED) is 0.664. The number of hydrogen-bond acceptors (Lipinski definition) is 1. The highest BCUT2D eigenvalue weighted by atomic mass is 14.9. The van der Waals surface area contributed by atoms with Crippen molar-refractivity contribution in [2.45, 2.75) is 59.9 Å². The van der Waals surface area contributed by atoms with E-state index in [0.717, 1.165) is 6.54 Å². The maximum absolute atomic E-state index is 3.46. The maximum atomic E-state index is 3.46. The van der Waals surface area contributed by atoms with Crippen LogP contribution < -0.4 is 5.32 Å². The molecule has 0 aliphatic heterocycles. The van der Waals surface area contributed by atoms with Gasteiger partial charge < -0.3 is 5.32 Å². The zero-order valence-corrected chi connectivity index (χ0v) is 9.12. The molecule has 0 fully saturated rings. The van der Waals surface area contributed by atoms with Crippen LogP contribution in [-0.2, 0) is 0 Å². The Morgan fingerprint density at radius 3 is 1.82 bits per heavy atom. The topological polar surface area (TPSA) is 12.0 Å². The normalized spacial score (nSPS) is 10.4. The molecule has 0 aliphatic rings. The van der Waals surface area contributed by atoms with Gasteiger partial charge in [0.25, 0.3) is 0 Å². The molecule has 0 aromatic rings. The van der Waals surface area contributed by atoms with E-state index in [2.05, 4.69) is 33.0 Å². The predicted molar refractivity (Wildman–Crippen MR) is 54.0 cm³/mol. The molecule has 0 amide bonds. The van der Waals surface area contributed by atoms with Crippen LogP contribution in [0.25, 0.3) is 0 Å². The van der Waals surface area contributed by atoms with Crippen LogP contribution >= 0.6 is 0 Å². The van der Waals surface area contributed by atoms with Crippen molar-refractivity contribution in [1.82, 2.24) is 5.32 Å². The van der Waals surface area contributed by atoms with Gasteiger partial charge in [0, 0.05) is 5.54 Å². The summed E-state index contributed by atoms with van der Waals surface area (Å²) in [7, 11) is 0. The summed E-state index contributed by atoms with van der Waals surface area (Å²) in [6, 6.07) is 0. The van der Waals surface area contributed by atoms with Gasteiger partial charge in [0.1, 0.15) is 0 Å². The first-order valence-corrected chi connectivity index (χ1v) is 4.87. The van der Waals surface area contributed by atoms with E-state index in [-0.39, 0.29) is 0 Å². The first-order valence-electron chi connectivity index (χ1n) is 4.87. The lowest BCUT2D eigenvalue weighted by atomic mass is 10.0. The van der Waals surface area contributed by atoms with Crippen LogP contribution in [0.3, 0.4) is 0 Å². The molecule has 0 atom stereocenters. The van der Waals surface area contributed by atoms with E-state index in [1.165, 1.54) is 12.8 Å². The summed E-state index contributed by atoms with van der Waals surface area (Å²) in [6.07, 6.45) is 2.43. The lowest BCUT2D eigenvalue weighted by Crippen LogP contribution is -2.38. The SMILES string of the molecule is CC.CCCNC(C)(C)CC. The second-order valence-electron chi connectivity index (χ2n) is 3.16. The smallest absolute Gasteiger partial charge is 0.0122 e. The number of rotatable bonds is 4. The van der Waals surface area contributed by atoms with Crippen LogP contribution in [0.5, 0.6) is 0 Å². The maximum Gasteiger partial charge on any atom is 0.0122 e. The molecule has 0 rings (SSSR count). The fourth-order valence-corrected chi connectivity index (χ4v) is 0.588. The molecule has 1 heteroatoms. The minimum Gasteiger partial charge on any atom is -0.312 e. The molecule has 0 aliphatic carbocycles. The van der Waals surface area contributed by atoms with E-state index in [1.54, 1.807) is 0 Å². The van der Waals surface area contributed by atoms with E-state index in [1.807, 2.05) is 13.8 Å². The Bertz CT molecular complexity index is 67.3. The van der Waals surface area contributed by atoms with Gasteiger partial charge in [-0.15, -0.1) is 0 Å². The zero-order valence-electron chi connectivity index (χ0n) is 9.12. The molecule has 1 nitrogen and oxygen atoms in total. The highest BCUT2D eigenvalue weighted by Gasteiger charge is 2.11. The second-order valence-corrected chi connectivity index (χ2v) is 3.16. The van der Waals surface area contributed by atoms with Gasteiger partial charge in [-0.05, 0) is 33.2 Å². The van der Waals surface area contributed by atoms with Gasteiger partial charge in [-0.3, -0.25) is 0 Å². The number of nitrogens with one attached hydrogen (secondary N) is 1. The van der Waals surface area contributed by atoms with E-state index in [4.69, 9.17) is 0 Å². The first kappa shape index (κ1) is 13.5. The predicted octanol–water partition coefficient (Wildman–Crippen LogP) is 3.20. The van der Waals surface area contributed by atoms with Gasteiger partial charge in [0.15, 0.2) is 0 Å². The Morgan fingerprint density at radius 1 is 1.09 bits per heavy atom. The van der Waals surface area contributed by atoms with Crippen molar-refractivity contribution in [3.05, 3.63) is 0 Å². The molecule has 0 heterocycles. The van der Waals surface area contributed by atoms with Gasteiger partial charge in [0.2, 0.25) is 0 Å². The van der Waals surface area contributed by atoms with E-state index < -0.39 is 0 Å². The van der Waals surface area contributed by atoms with Gasteiger partial charge in [-0.25, -0.2) is 0 Å². The Labute approximate surface area is 72.6 Å². The van der Waals surface area contributed by atoms with Crippen LogP contribution in [0, 0.1) is 0 Å². The lowest BCUT2D eigenvalue weighted by Gasteiger charge is -2.23. The Morgan fingerprint density at radius 2 is 1.55 bits per heavy atom. The van der Waals surface area contributed by atoms with Crippen LogP contribution in [0.15, 0.2) is 0 Å². The van der Waals surface area contributed by atoms with Crippen LogP contribution in [-0.4, -0.2) is 12.1 Å². The average molecular weight is 159 g/mol. The van der Waals surface area contributed by atoms with Crippen molar-refractivity contribution < 1.29 is 0 Å². The highest BCUT2D eigenvalue weighted by Crippen LogP contribution is 2.05. The van der Waals surface area contributed by atoms with Crippen LogP contribution in [0.2, 0.25) is 0 Å². The minimum absolute atomic E-state index is 0.343. The van der Waals surface area contributed by atoms with Gasteiger partial charge >= 0.3 is 0 Å². The summed E-state index contributed by atoms with van der Waals surface area (Å²) in [5, 5.41) is 3.46. The molecule has 0 radical (unpaired) electrons. The third-order valence-electron chi connectivity index (χ3n) is 1.74. The third kappa shape index (κ3) is 9.96. The monoisotopic (exact) mass is 159 g/mol. The summed E-state index contributed by atoms with van der Waals surface area (Å²) in [5.41, 5.74) is 0.343. The molecular weight excluding hydrogens is 134 g/mol. The molecule has 1 N–H and O–H groups in total. The summed E-state index contributed by atoms with van der Waals surface area (Å²) in [5.74, 6) is 0. The van der Waals surface area contributed by atoms with Gasteiger partial charge in [-0.1, -0.05) is 27.7 Å². The zero-order chi connectivity index (χ0) is 9.33. The van der Waals surface area contributed by atoms with Crippen LogP contribution in [0.4, 0.5) is 0 Å². The van der Waals surface area contributed by atoms with Crippen molar-refractivity contribution in [3.63, 3.8) is 0 Å². The van der Waals surface area contributed by atoms with E-state index >= 15 is 0 Å². The molecule has 0 bridgehead atoms. The fourth-order valence-electron chi connectivity index (χ4n) is 0.588.